The molecule has 1 aromatic heterocycles. The molecule has 1 saturated heterocycles. The van der Waals surface area contributed by atoms with Crippen LogP contribution in [-0.4, -0.2) is 146 Å². The standard InChI is InChI=1S/C71H88N11O13P/c1-5-78(6-2)56-33-35-62-64(49-56)91-65-50-57(79(7-3)8-4)34-36-63(65)68(62)60-26-19-20-27-61(60)69(84)81-40-38-80(39-41-81)67(83)28-18-10-9-11-21-37-82-51-55(76-77-82)52-89-45-44-87-42-43-88-46-47-90-71(85)75-66(48-53-29-31-54(32-30-53)74-70(72)73)96(86,94-92-58-22-14-12-15-23-58)95-93-59-24-16-13-17-25-59/h12-17,19-20,22-27,29-36,49-51,66H,5-11,18,21,28,37-48,52H2,1-4H3,(H4-,72,73,74,75,85)/p+1. The molecule has 510 valence electrons. The van der Waals surface area contributed by atoms with Crippen LogP contribution >= 0.6 is 7.60 Å². The van der Waals surface area contributed by atoms with Crippen molar-refractivity contribution < 1.29 is 61.4 Å². The second-order valence-corrected chi connectivity index (χ2v) is 24.9. The average molecular weight is 1340 g/mol. The molecule has 6 aromatic rings. The van der Waals surface area contributed by atoms with E-state index in [1.54, 1.807) is 84.9 Å². The fourth-order valence-corrected chi connectivity index (χ4v) is 12.6. The van der Waals surface area contributed by atoms with Crippen LogP contribution in [0.5, 0.6) is 11.5 Å². The first-order valence-corrected chi connectivity index (χ1v) is 34.6. The number of nitrogens with two attached hydrogens (primary N) is 2. The highest BCUT2D eigenvalue weighted by Crippen LogP contribution is 2.54. The minimum atomic E-state index is -4.54. The van der Waals surface area contributed by atoms with E-state index in [0.717, 1.165) is 109 Å². The number of aliphatic imine (C=N–C) groups is 1. The van der Waals surface area contributed by atoms with Gasteiger partial charge in [0, 0.05) is 98.6 Å². The molecule has 1 unspecified atom stereocenters. The van der Waals surface area contributed by atoms with Gasteiger partial charge < -0.3 is 64.6 Å². The van der Waals surface area contributed by atoms with Crippen LogP contribution in [0.3, 0.4) is 0 Å². The highest BCUT2D eigenvalue weighted by atomic mass is 31.2. The van der Waals surface area contributed by atoms with Gasteiger partial charge in [-0.3, -0.25) is 18.8 Å². The molecule has 1 aliphatic carbocycles. The van der Waals surface area contributed by atoms with Gasteiger partial charge in [0.1, 0.15) is 42.5 Å². The Balaban J connectivity index is 0.636. The number of benzene rings is 6. The molecule has 0 bridgehead atoms. The minimum absolute atomic E-state index is 0.0421. The van der Waals surface area contributed by atoms with Gasteiger partial charge in [0.15, 0.2) is 17.5 Å². The van der Waals surface area contributed by atoms with Crippen LogP contribution in [0.1, 0.15) is 87.8 Å². The molecule has 5 aromatic carbocycles. The molecule has 1 atom stereocenters. The number of carbonyl (C=O) groups excluding carboxylic acids is 3. The summed E-state index contributed by atoms with van der Waals surface area (Å²) < 4.78 is 58.8. The highest BCUT2D eigenvalue weighted by Gasteiger charge is 2.43. The van der Waals surface area contributed by atoms with Crippen molar-refractivity contribution in [1.29, 1.82) is 0 Å². The second kappa shape index (κ2) is 36.7. The summed E-state index contributed by atoms with van der Waals surface area (Å²) in [7, 11) is -4.54. The smallest absolute Gasteiger partial charge is 0.426 e. The summed E-state index contributed by atoms with van der Waals surface area (Å²) in [5.41, 5.74) is 18.1. The number of alkyl carbamates (subject to hydrolysis) is 1. The summed E-state index contributed by atoms with van der Waals surface area (Å²) in [5.74, 6) is -0.214. The summed E-state index contributed by atoms with van der Waals surface area (Å²) in [4.78, 5) is 62.2. The molecular formula is C71H89N11O13P+. The number of aromatic nitrogens is 3. The topological polar surface area (TPSA) is 275 Å². The number of guanidine groups is 1. The Kier molecular flexibility index (Phi) is 27.2. The first-order chi connectivity index (χ1) is 46.8. The lowest BCUT2D eigenvalue weighted by atomic mass is 9.90. The molecule has 25 heteroatoms. The van der Waals surface area contributed by atoms with Gasteiger partial charge in [-0.05, 0) is 112 Å². The number of carbonyl (C=O) groups is 3. The summed E-state index contributed by atoms with van der Waals surface area (Å²) in [6, 6.07) is 44.0. The monoisotopic (exact) mass is 1330 g/mol. The summed E-state index contributed by atoms with van der Waals surface area (Å²) in [5, 5.41) is 13.1. The highest BCUT2D eigenvalue weighted by molar-refractivity contribution is 7.54. The number of unbranched alkanes of at least 4 members (excludes halogenated alkanes) is 4. The van der Waals surface area contributed by atoms with Crippen LogP contribution in [0.15, 0.2) is 161 Å². The molecule has 0 saturated carbocycles. The van der Waals surface area contributed by atoms with Crippen LogP contribution in [0.4, 0.5) is 16.2 Å². The zero-order valence-electron chi connectivity index (χ0n) is 55.3. The number of hydrogen-bond acceptors (Lipinski definition) is 17. The number of anilines is 1. The van der Waals surface area contributed by atoms with Gasteiger partial charge in [-0.25, -0.2) is 14.4 Å². The molecule has 0 radical (unpaired) electrons. The molecular weight excluding hydrogens is 1250 g/mol. The lowest BCUT2D eigenvalue weighted by Crippen LogP contribution is -2.50. The number of piperazine rings is 1. The molecule has 2 aliphatic heterocycles. The molecule has 5 N–H and O–H groups in total. The van der Waals surface area contributed by atoms with Crippen LogP contribution in [0.2, 0.25) is 0 Å². The zero-order chi connectivity index (χ0) is 67.5. The molecule has 3 heterocycles. The molecule has 0 spiro atoms. The number of aryl methyl sites for hydroxylation is 1. The van der Waals surface area contributed by atoms with E-state index in [1.165, 1.54) is 0 Å². The van der Waals surface area contributed by atoms with E-state index >= 15 is 0 Å². The fourth-order valence-electron chi connectivity index (χ4n) is 11.3. The van der Waals surface area contributed by atoms with Crippen LogP contribution in [0.25, 0.3) is 33.4 Å². The predicted molar refractivity (Wildman–Crippen MR) is 367 cm³/mol. The Labute approximate surface area is 560 Å². The van der Waals surface area contributed by atoms with Crippen molar-refractivity contribution in [3.8, 4) is 33.9 Å². The number of para-hydroxylation sites is 2. The maximum atomic E-state index is 14.6. The van der Waals surface area contributed by atoms with Crippen molar-refractivity contribution >= 4 is 53.8 Å². The minimum Gasteiger partial charge on any atom is -0.456 e. The van der Waals surface area contributed by atoms with E-state index in [0.29, 0.717) is 68.3 Å². The van der Waals surface area contributed by atoms with E-state index < -0.39 is 19.5 Å². The first-order valence-electron chi connectivity index (χ1n) is 33.0. The van der Waals surface area contributed by atoms with Gasteiger partial charge in [0.05, 0.1) is 57.6 Å². The number of nitrogens with one attached hydrogen (secondary N) is 1. The second-order valence-electron chi connectivity index (χ2n) is 22.9. The third-order valence-electron chi connectivity index (χ3n) is 16.4. The molecule has 9 rings (SSSR count). The number of fused-ring (bicyclic) bond motifs is 2. The third kappa shape index (κ3) is 20.4. The molecule has 1 fully saturated rings. The maximum Gasteiger partial charge on any atom is 0.426 e. The molecule has 96 heavy (non-hydrogen) atoms. The van der Waals surface area contributed by atoms with Crippen LogP contribution in [-0.2, 0) is 57.2 Å². The first kappa shape index (κ1) is 71.1. The van der Waals surface area contributed by atoms with E-state index in [4.69, 9.17) is 54.0 Å². The third-order valence-corrected chi connectivity index (χ3v) is 18.0. The SMILES string of the molecule is CCN(CC)c1ccc2c(-c3ccccc3C(=O)N3CCN(C(=O)CCCCCCCn4cc(COCCOCCOCCOC(=O)NC(Cc5ccc(N=C(N)N)cc5)P(=O)(OOc5ccccc5)OOc5ccccc5)nn4)CC3)c3ccc(=[N+](CC)CC)cc-3oc2c1. The van der Waals surface area contributed by atoms with Gasteiger partial charge in [-0.15, -0.1) is 5.10 Å². The van der Waals surface area contributed by atoms with E-state index in [9.17, 15) is 18.9 Å². The van der Waals surface area contributed by atoms with Crippen molar-refractivity contribution in [3.05, 3.63) is 174 Å². The van der Waals surface area contributed by atoms with Crippen molar-refractivity contribution in [2.75, 3.05) is 96.9 Å². The fraction of sp³-hybridized carbons (Fsp3) is 0.394. The zero-order valence-corrected chi connectivity index (χ0v) is 56.2. The Hall–Kier alpha value is -9.16. The van der Waals surface area contributed by atoms with Gasteiger partial charge in [0.2, 0.25) is 11.3 Å². The quantitative estimate of drug-likeness (QED) is 0.00477. The summed E-state index contributed by atoms with van der Waals surface area (Å²) in [6.45, 7) is 16.1. The van der Waals surface area contributed by atoms with Crippen molar-refractivity contribution in [2.24, 2.45) is 16.5 Å². The van der Waals surface area contributed by atoms with Crippen LogP contribution in [0, 0.1) is 0 Å². The number of nitrogens with zero attached hydrogens (tertiary/aromatic N) is 8. The normalized spacial score (nSPS) is 12.8. The average Bonchev–Trinajstić information content (AvgIpc) is 0.907. The Morgan fingerprint density at radius 2 is 1.31 bits per heavy atom. The Bertz CT molecular complexity index is 3820. The van der Waals surface area contributed by atoms with Crippen LogP contribution < -0.4 is 41.4 Å². The lowest BCUT2D eigenvalue weighted by Gasteiger charge is -2.35. The van der Waals surface area contributed by atoms with E-state index in [1.807, 2.05) is 44.9 Å². The Morgan fingerprint density at radius 3 is 1.98 bits per heavy atom. The summed E-state index contributed by atoms with van der Waals surface area (Å²) >= 11 is 0. The van der Waals surface area contributed by atoms with Crippen molar-refractivity contribution in [3.63, 3.8) is 0 Å². The van der Waals surface area contributed by atoms with Crippen molar-refractivity contribution in [2.45, 2.75) is 91.6 Å². The maximum absolute atomic E-state index is 14.6. The van der Waals surface area contributed by atoms with Gasteiger partial charge in [0.25, 0.3) is 5.91 Å². The predicted octanol–water partition coefficient (Wildman–Crippen LogP) is 10.7. The number of ether oxygens (including phenoxy) is 4. The lowest BCUT2D eigenvalue weighted by molar-refractivity contribution is -0.173. The van der Waals surface area contributed by atoms with E-state index in [2.05, 4.69) is 94.2 Å². The molecule has 3 amide bonds. The van der Waals surface area contributed by atoms with E-state index in [-0.39, 0.29) is 68.7 Å². The van der Waals surface area contributed by atoms with Crippen molar-refractivity contribution in [1.82, 2.24) is 34.7 Å². The van der Waals surface area contributed by atoms with Gasteiger partial charge in [-0.1, -0.05) is 101 Å². The number of rotatable bonds is 37. The molecule has 3 aliphatic rings. The van der Waals surface area contributed by atoms with Gasteiger partial charge in [-0.2, -0.15) is 0 Å². The number of hydrogen-bond donors (Lipinski definition) is 3. The summed E-state index contributed by atoms with van der Waals surface area (Å²) in [6.07, 6.45) is 6.03. The largest absolute Gasteiger partial charge is 0.456 e. The molecule has 24 nitrogen and oxygen atoms in total. The van der Waals surface area contributed by atoms with Gasteiger partial charge >= 0.3 is 13.7 Å². The Morgan fingerprint density at radius 1 is 0.688 bits per heavy atom. The number of amides is 3.